The Morgan fingerprint density at radius 3 is 2.62 bits per heavy atom. The van der Waals surface area contributed by atoms with Crippen LogP contribution < -0.4 is 15.0 Å². The molecule has 0 radical (unpaired) electrons. The van der Waals surface area contributed by atoms with Gasteiger partial charge in [0.1, 0.15) is 12.7 Å². The number of nitrogens with one attached hydrogen (secondary N) is 1. The number of nitriles is 1. The Morgan fingerprint density at radius 1 is 1.09 bits per heavy atom. The van der Waals surface area contributed by atoms with Crippen LogP contribution >= 0.6 is 0 Å². The highest BCUT2D eigenvalue weighted by atomic mass is 16.5. The van der Waals surface area contributed by atoms with Crippen molar-refractivity contribution in [1.82, 2.24) is 9.97 Å². The Morgan fingerprint density at radius 2 is 1.88 bits per heavy atom. The van der Waals surface area contributed by atoms with Crippen LogP contribution in [0, 0.1) is 18.3 Å². The SMILES string of the molecule is COc1cc(/C=C(/C#N)c2nc3ccccc3c(=O)[nH]2)ccc1OCc1ccc(C)cc1. The maximum atomic E-state index is 12.4. The van der Waals surface area contributed by atoms with E-state index in [4.69, 9.17) is 9.47 Å². The molecule has 0 aliphatic rings. The highest BCUT2D eigenvalue weighted by Crippen LogP contribution is 2.30. The van der Waals surface area contributed by atoms with Gasteiger partial charge in [-0.15, -0.1) is 0 Å². The minimum absolute atomic E-state index is 0.217. The first-order chi connectivity index (χ1) is 15.6. The Kier molecular flexibility index (Phi) is 6.00. The maximum Gasteiger partial charge on any atom is 0.259 e. The summed E-state index contributed by atoms with van der Waals surface area (Å²) in [6.45, 7) is 2.45. The molecule has 4 aromatic rings. The molecule has 4 rings (SSSR count). The van der Waals surface area contributed by atoms with Crippen molar-refractivity contribution >= 4 is 22.6 Å². The molecule has 0 unspecified atom stereocenters. The molecule has 0 atom stereocenters. The Hall–Kier alpha value is -4.37. The zero-order chi connectivity index (χ0) is 22.5. The zero-order valence-corrected chi connectivity index (χ0v) is 17.8. The van der Waals surface area contributed by atoms with Gasteiger partial charge in [0.15, 0.2) is 17.3 Å². The molecule has 32 heavy (non-hydrogen) atoms. The van der Waals surface area contributed by atoms with Gasteiger partial charge in [-0.3, -0.25) is 4.79 Å². The van der Waals surface area contributed by atoms with E-state index in [0.29, 0.717) is 29.0 Å². The minimum Gasteiger partial charge on any atom is -0.493 e. The molecule has 0 fully saturated rings. The Labute approximate surface area is 185 Å². The highest BCUT2D eigenvalue weighted by Gasteiger charge is 2.10. The van der Waals surface area contributed by atoms with E-state index >= 15 is 0 Å². The number of aromatic amines is 1. The third-order valence-corrected chi connectivity index (χ3v) is 5.00. The molecule has 0 spiro atoms. The molecule has 1 aromatic heterocycles. The Bertz CT molecular complexity index is 1400. The van der Waals surface area contributed by atoms with Crippen LogP contribution in [0.2, 0.25) is 0 Å². The fourth-order valence-corrected chi connectivity index (χ4v) is 3.27. The lowest BCUT2D eigenvalue weighted by Crippen LogP contribution is -2.11. The summed E-state index contributed by atoms with van der Waals surface area (Å²) in [5.74, 6) is 1.36. The van der Waals surface area contributed by atoms with Gasteiger partial charge in [0.2, 0.25) is 0 Å². The summed E-state index contributed by atoms with van der Waals surface area (Å²) in [5.41, 5.74) is 3.45. The lowest BCUT2D eigenvalue weighted by Gasteiger charge is -2.12. The van der Waals surface area contributed by atoms with Crippen LogP contribution in [-0.4, -0.2) is 17.1 Å². The third-order valence-electron chi connectivity index (χ3n) is 5.00. The van der Waals surface area contributed by atoms with E-state index in [1.165, 1.54) is 5.56 Å². The average molecular weight is 423 g/mol. The smallest absolute Gasteiger partial charge is 0.259 e. The number of para-hydroxylation sites is 1. The van der Waals surface area contributed by atoms with Crippen LogP contribution in [0.5, 0.6) is 11.5 Å². The molecule has 0 bridgehead atoms. The van der Waals surface area contributed by atoms with E-state index < -0.39 is 0 Å². The second-order valence-electron chi connectivity index (χ2n) is 7.29. The molecule has 1 heterocycles. The molecule has 3 aromatic carbocycles. The second-order valence-corrected chi connectivity index (χ2v) is 7.29. The molecule has 158 valence electrons. The van der Waals surface area contributed by atoms with Crippen molar-refractivity contribution in [2.24, 2.45) is 0 Å². The van der Waals surface area contributed by atoms with Gasteiger partial charge in [0.25, 0.3) is 5.56 Å². The topological polar surface area (TPSA) is 88.0 Å². The van der Waals surface area contributed by atoms with Crippen molar-refractivity contribution in [3.63, 3.8) is 0 Å². The number of hydrogen-bond acceptors (Lipinski definition) is 5. The van der Waals surface area contributed by atoms with Crippen LogP contribution in [-0.2, 0) is 6.61 Å². The summed E-state index contributed by atoms with van der Waals surface area (Å²) in [6.07, 6.45) is 1.65. The summed E-state index contributed by atoms with van der Waals surface area (Å²) in [4.78, 5) is 19.5. The van der Waals surface area contributed by atoms with Gasteiger partial charge in [0, 0.05) is 0 Å². The molecule has 6 nitrogen and oxygen atoms in total. The van der Waals surface area contributed by atoms with Crippen LogP contribution in [0.3, 0.4) is 0 Å². The summed E-state index contributed by atoms with van der Waals surface area (Å²) in [5, 5.41) is 10.2. The lowest BCUT2D eigenvalue weighted by atomic mass is 10.1. The first kappa shape index (κ1) is 20.9. The van der Waals surface area contributed by atoms with Gasteiger partial charge >= 0.3 is 0 Å². The van der Waals surface area contributed by atoms with Crippen molar-refractivity contribution < 1.29 is 9.47 Å². The predicted octanol–water partition coefficient (Wildman–Crippen LogP) is 4.88. The van der Waals surface area contributed by atoms with Gasteiger partial charge in [-0.1, -0.05) is 48.0 Å². The van der Waals surface area contributed by atoms with Crippen molar-refractivity contribution in [1.29, 1.82) is 5.26 Å². The predicted molar refractivity (Wildman–Crippen MR) is 124 cm³/mol. The third kappa shape index (κ3) is 4.52. The second kappa shape index (κ2) is 9.19. The molecule has 0 amide bonds. The van der Waals surface area contributed by atoms with Crippen molar-refractivity contribution in [3.05, 3.63) is 99.6 Å². The molecule has 6 heteroatoms. The fraction of sp³-hybridized carbons (Fsp3) is 0.115. The number of aromatic nitrogens is 2. The number of fused-ring (bicyclic) bond motifs is 1. The van der Waals surface area contributed by atoms with Gasteiger partial charge in [-0.25, -0.2) is 4.98 Å². The molecule has 1 N–H and O–H groups in total. The lowest BCUT2D eigenvalue weighted by molar-refractivity contribution is 0.284. The monoisotopic (exact) mass is 423 g/mol. The molecule has 0 saturated heterocycles. The molecular weight excluding hydrogens is 402 g/mol. The number of benzene rings is 3. The summed E-state index contributed by atoms with van der Waals surface area (Å²) >= 11 is 0. The van der Waals surface area contributed by atoms with E-state index in [-0.39, 0.29) is 17.0 Å². The number of methoxy groups -OCH3 is 1. The molecular formula is C26H21N3O3. The Balaban J connectivity index is 1.62. The quantitative estimate of drug-likeness (QED) is 0.447. The maximum absolute atomic E-state index is 12.4. The number of allylic oxidation sites excluding steroid dienone is 1. The standard InChI is InChI=1S/C26H21N3O3/c1-17-7-9-18(10-8-17)16-32-23-12-11-19(14-24(23)31-2)13-20(15-27)25-28-22-6-4-3-5-21(22)26(30)29-25/h3-14H,16H2,1-2H3,(H,28,29,30)/b20-13-. The fourth-order valence-electron chi connectivity index (χ4n) is 3.27. The number of aryl methyl sites for hydroxylation is 1. The first-order valence-electron chi connectivity index (χ1n) is 10.0. The van der Waals surface area contributed by atoms with Crippen molar-refractivity contribution in [2.45, 2.75) is 13.5 Å². The zero-order valence-electron chi connectivity index (χ0n) is 17.8. The molecule has 0 aliphatic carbocycles. The van der Waals surface area contributed by atoms with Crippen LogP contribution in [0.15, 0.2) is 71.5 Å². The van der Waals surface area contributed by atoms with Crippen LogP contribution in [0.25, 0.3) is 22.6 Å². The van der Waals surface area contributed by atoms with Crippen molar-refractivity contribution in [3.8, 4) is 17.6 Å². The van der Waals surface area contributed by atoms with E-state index in [9.17, 15) is 10.1 Å². The summed E-state index contributed by atoms with van der Waals surface area (Å²) in [7, 11) is 1.56. The molecule has 0 saturated carbocycles. The number of ether oxygens (including phenoxy) is 2. The first-order valence-corrected chi connectivity index (χ1v) is 10.0. The number of H-pyrrole nitrogens is 1. The average Bonchev–Trinajstić information content (AvgIpc) is 2.82. The van der Waals surface area contributed by atoms with Gasteiger partial charge in [-0.05, 0) is 48.4 Å². The van der Waals surface area contributed by atoms with E-state index in [1.54, 1.807) is 49.6 Å². The number of nitrogens with zero attached hydrogens (tertiary/aromatic N) is 2. The number of hydrogen-bond donors (Lipinski definition) is 1. The summed E-state index contributed by atoms with van der Waals surface area (Å²) in [6, 6.07) is 22.7. The van der Waals surface area contributed by atoms with Gasteiger partial charge in [-0.2, -0.15) is 5.26 Å². The van der Waals surface area contributed by atoms with Crippen molar-refractivity contribution in [2.75, 3.05) is 7.11 Å². The van der Waals surface area contributed by atoms with E-state index in [0.717, 1.165) is 11.1 Å². The van der Waals surface area contributed by atoms with E-state index in [2.05, 4.69) is 16.0 Å². The largest absolute Gasteiger partial charge is 0.493 e. The summed E-state index contributed by atoms with van der Waals surface area (Å²) < 4.78 is 11.4. The van der Waals surface area contributed by atoms with E-state index in [1.807, 2.05) is 37.3 Å². The minimum atomic E-state index is -0.288. The van der Waals surface area contributed by atoms with Crippen LogP contribution in [0.1, 0.15) is 22.5 Å². The molecule has 0 aliphatic heterocycles. The van der Waals surface area contributed by atoms with Gasteiger partial charge in [0.05, 0.1) is 23.6 Å². The number of rotatable bonds is 6. The normalized spacial score (nSPS) is 11.2. The van der Waals surface area contributed by atoms with Gasteiger partial charge < -0.3 is 14.5 Å². The highest BCUT2D eigenvalue weighted by molar-refractivity contribution is 5.89. The van der Waals surface area contributed by atoms with Crippen LogP contribution in [0.4, 0.5) is 0 Å².